The third-order valence-corrected chi connectivity index (χ3v) is 3.14. The SMILES string of the molecule is CCOc1ccc(OC)cc1NC(=O)c1ccc([N+](=O)[O-])cc1F. The largest absolute Gasteiger partial charge is 0.497 e. The molecule has 1 amide bonds. The monoisotopic (exact) mass is 334 g/mol. The van der Waals surface area contributed by atoms with Crippen molar-refractivity contribution in [2.75, 3.05) is 19.0 Å². The van der Waals surface area contributed by atoms with E-state index in [2.05, 4.69) is 5.32 Å². The van der Waals surface area contributed by atoms with E-state index in [1.165, 1.54) is 13.2 Å². The van der Waals surface area contributed by atoms with Crippen LogP contribution in [0.3, 0.4) is 0 Å². The highest BCUT2D eigenvalue weighted by atomic mass is 19.1. The number of hydrogen-bond acceptors (Lipinski definition) is 5. The number of benzene rings is 2. The average Bonchev–Trinajstić information content (AvgIpc) is 2.56. The minimum atomic E-state index is -0.984. The number of anilines is 1. The van der Waals surface area contributed by atoms with E-state index in [1.54, 1.807) is 19.1 Å². The zero-order valence-electron chi connectivity index (χ0n) is 13.0. The van der Waals surface area contributed by atoms with E-state index >= 15 is 0 Å². The normalized spacial score (nSPS) is 10.1. The summed E-state index contributed by atoms with van der Waals surface area (Å²) in [6.07, 6.45) is 0. The Balaban J connectivity index is 2.30. The van der Waals surface area contributed by atoms with Gasteiger partial charge in [0.25, 0.3) is 11.6 Å². The van der Waals surface area contributed by atoms with Gasteiger partial charge in [0.05, 0.1) is 36.0 Å². The molecule has 126 valence electrons. The summed E-state index contributed by atoms with van der Waals surface area (Å²) >= 11 is 0. The number of carbonyl (C=O) groups is 1. The zero-order valence-corrected chi connectivity index (χ0v) is 13.0. The quantitative estimate of drug-likeness (QED) is 0.646. The summed E-state index contributed by atoms with van der Waals surface area (Å²) in [6.45, 7) is 2.16. The van der Waals surface area contributed by atoms with Gasteiger partial charge in [-0.15, -0.1) is 0 Å². The number of carbonyl (C=O) groups excluding carboxylic acids is 1. The first kappa shape index (κ1) is 17.2. The molecule has 0 aliphatic carbocycles. The van der Waals surface area contributed by atoms with Crippen molar-refractivity contribution in [1.29, 1.82) is 0 Å². The van der Waals surface area contributed by atoms with Gasteiger partial charge in [-0.2, -0.15) is 0 Å². The minimum Gasteiger partial charge on any atom is -0.497 e. The van der Waals surface area contributed by atoms with E-state index in [0.29, 0.717) is 29.9 Å². The lowest BCUT2D eigenvalue weighted by Crippen LogP contribution is -2.15. The highest BCUT2D eigenvalue weighted by Gasteiger charge is 2.18. The first-order chi connectivity index (χ1) is 11.5. The molecule has 0 fully saturated rings. The first-order valence-corrected chi connectivity index (χ1v) is 7.02. The van der Waals surface area contributed by atoms with Crippen LogP contribution in [0.25, 0.3) is 0 Å². The highest BCUT2D eigenvalue weighted by molar-refractivity contribution is 6.05. The van der Waals surface area contributed by atoms with Crippen molar-refractivity contribution >= 4 is 17.3 Å². The summed E-state index contributed by atoms with van der Waals surface area (Å²) in [4.78, 5) is 22.1. The molecular weight excluding hydrogens is 319 g/mol. The van der Waals surface area contributed by atoms with Crippen molar-refractivity contribution < 1.29 is 23.6 Å². The number of rotatable bonds is 6. The molecule has 0 bridgehead atoms. The number of nitro benzene ring substituents is 1. The fourth-order valence-electron chi connectivity index (χ4n) is 2.01. The van der Waals surface area contributed by atoms with E-state index in [1.807, 2.05) is 0 Å². The van der Waals surface area contributed by atoms with Crippen LogP contribution in [0.4, 0.5) is 15.8 Å². The highest BCUT2D eigenvalue weighted by Crippen LogP contribution is 2.30. The summed E-state index contributed by atoms with van der Waals surface area (Å²) in [5.41, 5.74) is -0.440. The molecule has 2 rings (SSSR count). The summed E-state index contributed by atoms with van der Waals surface area (Å²) in [7, 11) is 1.47. The van der Waals surface area contributed by atoms with Crippen LogP contribution in [0, 0.1) is 15.9 Å². The van der Waals surface area contributed by atoms with Crippen molar-refractivity contribution in [3.63, 3.8) is 0 Å². The molecule has 2 aromatic rings. The Labute approximate surface area is 137 Å². The van der Waals surface area contributed by atoms with E-state index < -0.39 is 22.3 Å². The van der Waals surface area contributed by atoms with E-state index in [4.69, 9.17) is 9.47 Å². The Morgan fingerprint density at radius 3 is 2.62 bits per heavy atom. The van der Waals surface area contributed by atoms with Crippen LogP contribution in [0.1, 0.15) is 17.3 Å². The molecule has 2 aromatic carbocycles. The Morgan fingerprint density at radius 1 is 1.29 bits per heavy atom. The molecule has 0 unspecified atom stereocenters. The Kier molecular flexibility index (Phi) is 5.31. The van der Waals surface area contributed by atoms with Gasteiger partial charge in [-0.05, 0) is 25.1 Å². The summed E-state index contributed by atoms with van der Waals surface area (Å²) < 4.78 is 24.4. The van der Waals surface area contributed by atoms with Gasteiger partial charge in [0, 0.05) is 12.1 Å². The van der Waals surface area contributed by atoms with Crippen molar-refractivity contribution in [2.45, 2.75) is 6.92 Å². The number of hydrogen-bond donors (Lipinski definition) is 1. The molecule has 0 saturated heterocycles. The molecule has 0 heterocycles. The number of methoxy groups -OCH3 is 1. The van der Waals surface area contributed by atoms with Gasteiger partial charge in [0.15, 0.2) is 0 Å². The van der Waals surface area contributed by atoms with Crippen LogP contribution in [-0.2, 0) is 0 Å². The van der Waals surface area contributed by atoms with Crippen molar-refractivity contribution in [3.8, 4) is 11.5 Å². The molecule has 0 saturated carbocycles. The van der Waals surface area contributed by atoms with E-state index in [-0.39, 0.29) is 5.56 Å². The molecule has 0 radical (unpaired) electrons. The predicted octanol–water partition coefficient (Wildman–Crippen LogP) is 3.39. The number of ether oxygens (including phenoxy) is 2. The third-order valence-electron chi connectivity index (χ3n) is 3.14. The lowest BCUT2D eigenvalue weighted by atomic mass is 10.1. The number of nitrogens with zero attached hydrogens (tertiary/aromatic N) is 1. The van der Waals surface area contributed by atoms with Crippen LogP contribution < -0.4 is 14.8 Å². The summed E-state index contributed by atoms with van der Waals surface area (Å²) in [6, 6.07) is 7.63. The average molecular weight is 334 g/mol. The van der Waals surface area contributed by atoms with Crippen molar-refractivity contribution in [1.82, 2.24) is 0 Å². The van der Waals surface area contributed by atoms with E-state index in [0.717, 1.165) is 12.1 Å². The summed E-state index contributed by atoms with van der Waals surface area (Å²) in [5.74, 6) is -0.856. The fraction of sp³-hybridized carbons (Fsp3) is 0.188. The molecule has 7 nitrogen and oxygen atoms in total. The number of non-ortho nitro benzene ring substituents is 1. The lowest BCUT2D eigenvalue weighted by Gasteiger charge is -2.13. The van der Waals surface area contributed by atoms with Crippen LogP contribution in [0.15, 0.2) is 36.4 Å². The smallest absolute Gasteiger partial charge is 0.272 e. The molecule has 1 N–H and O–H groups in total. The maximum absolute atomic E-state index is 13.9. The third kappa shape index (κ3) is 3.78. The van der Waals surface area contributed by atoms with Gasteiger partial charge in [0.2, 0.25) is 0 Å². The number of halogens is 1. The second-order valence-corrected chi connectivity index (χ2v) is 4.67. The minimum absolute atomic E-state index is 0.305. The van der Waals surface area contributed by atoms with Gasteiger partial charge in [-0.1, -0.05) is 0 Å². The standard InChI is InChI=1S/C16H15FN2O5/c1-3-24-15-7-5-11(23-2)9-14(15)18-16(20)12-6-4-10(19(21)22)8-13(12)17/h4-9H,3H2,1-2H3,(H,18,20). The number of nitrogens with one attached hydrogen (secondary N) is 1. The van der Waals surface area contributed by atoms with Crippen molar-refractivity contribution in [2.24, 2.45) is 0 Å². The lowest BCUT2D eigenvalue weighted by molar-refractivity contribution is -0.385. The van der Waals surface area contributed by atoms with E-state index in [9.17, 15) is 19.3 Å². The maximum atomic E-state index is 13.9. The summed E-state index contributed by atoms with van der Waals surface area (Å²) in [5, 5.41) is 13.1. The molecule has 0 atom stereocenters. The Hall–Kier alpha value is -3.16. The molecule has 0 spiro atoms. The molecular formula is C16H15FN2O5. The fourth-order valence-corrected chi connectivity index (χ4v) is 2.01. The van der Waals surface area contributed by atoms with Crippen LogP contribution in [0.5, 0.6) is 11.5 Å². The van der Waals surface area contributed by atoms with Gasteiger partial charge >= 0.3 is 0 Å². The predicted molar refractivity (Wildman–Crippen MR) is 85.2 cm³/mol. The number of amides is 1. The zero-order chi connectivity index (χ0) is 17.7. The number of nitro groups is 1. The van der Waals surface area contributed by atoms with Crippen molar-refractivity contribution in [3.05, 3.63) is 57.9 Å². The second-order valence-electron chi connectivity index (χ2n) is 4.67. The first-order valence-electron chi connectivity index (χ1n) is 7.02. The van der Waals surface area contributed by atoms with Crippen LogP contribution in [-0.4, -0.2) is 24.5 Å². The molecule has 24 heavy (non-hydrogen) atoms. The Bertz CT molecular complexity index is 779. The molecule has 8 heteroatoms. The topological polar surface area (TPSA) is 90.7 Å². The Morgan fingerprint density at radius 2 is 2.04 bits per heavy atom. The van der Waals surface area contributed by atoms with Crippen LogP contribution in [0.2, 0.25) is 0 Å². The van der Waals surface area contributed by atoms with Gasteiger partial charge < -0.3 is 14.8 Å². The second kappa shape index (κ2) is 7.40. The molecule has 0 aromatic heterocycles. The maximum Gasteiger partial charge on any atom is 0.272 e. The van der Waals surface area contributed by atoms with Gasteiger partial charge in [-0.25, -0.2) is 4.39 Å². The molecule has 0 aliphatic rings. The van der Waals surface area contributed by atoms with Gasteiger partial charge in [0.1, 0.15) is 17.3 Å². The molecule has 0 aliphatic heterocycles. The van der Waals surface area contributed by atoms with Crippen LogP contribution >= 0.6 is 0 Å². The van der Waals surface area contributed by atoms with Gasteiger partial charge in [-0.3, -0.25) is 14.9 Å².